The summed E-state index contributed by atoms with van der Waals surface area (Å²) in [7, 11) is 0. The standard InChI is InChI=1S/C24H25F4N5O2/c25-20-8-2-1-7-18(20)21(34)30-16-9-10-17(19(15-16)24(26,27)28)22-31-32-23(35-22)29-11-3-4-12-33-13-5-6-14-33/h1-2,7-10,15H,3-6,11-14H2,(H,29,32)(H,30,34). The van der Waals surface area contributed by atoms with E-state index in [0.29, 0.717) is 6.54 Å². The monoisotopic (exact) mass is 491 g/mol. The highest BCUT2D eigenvalue weighted by Gasteiger charge is 2.35. The minimum absolute atomic E-state index is 0.0335. The van der Waals surface area contributed by atoms with Gasteiger partial charge in [-0.1, -0.05) is 17.2 Å². The van der Waals surface area contributed by atoms with Crippen molar-refractivity contribution in [3.63, 3.8) is 0 Å². The first kappa shape index (κ1) is 24.6. The molecule has 1 fully saturated rings. The molecule has 0 atom stereocenters. The van der Waals surface area contributed by atoms with Crippen LogP contribution in [0.1, 0.15) is 41.6 Å². The number of amides is 1. The third kappa shape index (κ3) is 6.36. The number of anilines is 2. The zero-order chi connectivity index (χ0) is 24.8. The number of nitrogens with zero attached hydrogens (tertiary/aromatic N) is 3. The van der Waals surface area contributed by atoms with E-state index in [1.54, 1.807) is 0 Å². The molecule has 0 saturated carbocycles. The summed E-state index contributed by atoms with van der Waals surface area (Å²) >= 11 is 0. The van der Waals surface area contributed by atoms with Crippen molar-refractivity contribution in [3.05, 3.63) is 59.4 Å². The van der Waals surface area contributed by atoms with Gasteiger partial charge in [0.15, 0.2) is 0 Å². The Hall–Kier alpha value is -3.47. The van der Waals surface area contributed by atoms with E-state index >= 15 is 0 Å². The predicted molar refractivity (Wildman–Crippen MR) is 122 cm³/mol. The predicted octanol–water partition coefficient (Wildman–Crippen LogP) is 5.43. The maximum absolute atomic E-state index is 13.8. The number of likely N-dealkylation sites (tertiary alicyclic amines) is 1. The maximum Gasteiger partial charge on any atom is 0.417 e. The molecule has 7 nitrogen and oxygen atoms in total. The molecular weight excluding hydrogens is 466 g/mol. The molecule has 35 heavy (non-hydrogen) atoms. The van der Waals surface area contributed by atoms with E-state index in [1.807, 2.05) is 0 Å². The van der Waals surface area contributed by atoms with Crippen molar-refractivity contribution < 1.29 is 26.8 Å². The van der Waals surface area contributed by atoms with Gasteiger partial charge in [0.05, 0.1) is 16.7 Å². The van der Waals surface area contributed by atoms with Crippen molar-refractivity contribution in [2.45, 2.75) is 31.9 Å². The number of nitrogens with one attached hydrogen (secondary N) is 2. The molecule has 1 aliphatic rings. The molecule has 2 aromatic carbocycles. The Labute approximate surface area is 199 Å². The summed E-state index contributed by atoms with van der Waals surface area (Å²) in [6.07, 6.45) is -0.430. The Morgan fingerprint density at radius 2 is 1.83 bits per heavy atom. The average molecular weight is 491 g/mol. The van der Waals surface area contributed by atoms with Crippen LogP contribution in [0, 0.1) is 5.82 Å². The van der Waals surface area contributed by atoms with E-state index in [9.17, 15) is 22.4 Å². The maximum atomic E-state index is 13.8. The van der Waals surface area contributed by atoms with Gasteiger partial charge in [-0.25, -0.2) is 4.39 Å². The first-order valence-electron chi connectivity index (χ1n) is 11.4. The van der Waals surface area contributed by atoms with Gasteiger partial charge in [0, 0.05) is 12.2 Å². The topological polar surface area (TPSA) is 83.3 Å². The highest BCUT2D eigenvalue weighted by atomic mass is 19.4. The lowest BCUT2D eigenvalue weighted by molar-refractivity contribution is -0.137. The molecule has 3 aromatic rings. The van der Waals surface area contributed by atoms with Gasteiger partial charge >= 0.3 is 12.2 Å². The second kappa shape index (κ2) is 10.9. The Morgan fingerprint density at radius 3 is 2.57 bits per heavy atom. The van der Waals surface area contributed by atoms with Gasteiger partial charge in [0.2, 0.25) is 5.89 Å². The van der Waals surface area contributed by atoms with Crippen molar-refractivity contribution in [2.24, 2.45) is 0 Å². The Balaban J connectivity index is 1.42. The smallest absolute Gasteiger partial charge is 0.403 e. The quantitative estimate of drug-likeness (QED) is 0.307. The fourth-order valence-corrected chi connectivity index (χ4v) is 3.95. The average Bonchev–Trinajstić information content (AvgIpc) is 3.51. The molecule has 1 saturated heterocycles. The van der Waals surface area contributed by atoms with Gasteiger partial charge < -0.3 is 20.0 Å². The van der Waals surface area contributed by atoms with Crippen molar-refractivity contribution in [3.8, 4) is 11.5 Å². The summed E-state index contributed by atoms with van der Waals surface area (Å²) in [4.78, 5) is 14.7. The zero-order valence-electron chi connectivity index (χ0n) is 18.9. The molecule has 2 heterocycles. The molecule has 0 radical (unpaired) electrons. The van der Waals surface area contributed by atoms with Gasteiger partial charge in [0.1, 0.15) is 5.82 Å². The SMILES string of the molecule is O=C(Nc1ccc(-c2nnc(NCCCCN3CCCC3)o2)c(C(F)(F)F)c1)c1ccccc1F. The van der Waals surface area contributed by atoms with Gasteiger partial charge in [0.25, 0.3) is 5.91 Å². The van der Waals surface area contributed by atoms with Crippen LogP contribution in [0.15, 0.2) is 46.9 Å². The second-order valence-corrected chi connectivity index (χ2v) is 8.29. The fourth-order valence-electron chi connectivity index (χ4n) is 3.95. The third-order valence-electron chi connectivity index (χ3n) is 5.73. The van der Waals surface area contributed by atoms with Crippen LogP contribution >= 0.6 is 0 Å². The molecule has 1 aliphatic heterocycles. The summed E-state index contributed by atoms with van der Waals surface area (Å²) in [5.41, 5.74) is -1.82. The molecule has 11 heteroatoms. The van der Waals surface area contributed by atoms with E-state index in [-0.39, 0.29) is 28.7 Å². The molecule has 2 N–H and O–H groups in total. The summed E-state index contributed by atoms with van der Waals surface area (Å²) in [6.45, 7) is 3.84. The Bertz CT molecular complexity index is 1160. The normalized spacial score (nSPS) is 14.3. The van der Waals surface area contributed by atoms with E-state index < -0.39 is 23.5 Å². The van der Waals surface area contributed by atoms with Crippen molar-refractivity contribution in [1.29, 1.82) is 0 Å². The Kier molecular flexibility index (Phi) is 7.64. The summed E-state index contributed by atoms with van der Waals surface area (Å²) in [5, 5.41) is 12.8. The lowest BCUT2D eigenvalue weighted by Crippen LogP contribution is -2.20. The third-order valence-corrected chi connectivity index (χ3v) is 5.73. The van der Waals surface area contributed by atoms with E-state index in [1.165, 1.54) is 37.1 Å². The molecular formula is C24H25F4N5O2. The minimum Gasteiger partial charge on any atom is -0.403 e. The summed E-state index contributed by atoms with van der Waals surface area (Å²) < 4.78 is 60.6. The van der Waals surface area contributed by atoms with Crippen LogP contribution < -0.4 is 10.6 Å². The van der Waals surface area contributed by atoms with E-state index in [4.69, 9.17) is 4.42 Å². The van der Waals surface area contributed by atoms with Crippen LogP contribution in [0.4, 0.5) is 29.3 Å². The largest absolute Gasteiger partial charge is 0.417 e. The number of alkyl halides is 3. The number of carbonyl (C=O) groups excluding carboxylic acids is 1. The molecule has 0 spiro atoms. The van der Waals surface area contributed by atoms with Crippen LogP contribution in [0.2, 0.25) is 0 Å². The summed E-state index contributed by atoms with van der Waals surface area (Å²) in [5.74, 6) is -1.94. The highest BCUT2D eigenvalue weighted by molar-refractivity contribution is 6.04. The van der Waals surface area contributed by atoms with Gasteiger partial charge in [-0.05, 0) is 75.6 Å². The first-order chi connectivity index (χ1) is 16.8. The molecule has 0 bridgehead atoms. The van der Waals surface area contributed by atoms with Crippen LogP contribution in [0.25, 0.3) is 11.5 Å². The van der Waals surface area contributed by atoms with Gasteiger partial charge in [-0.3, -0.25) is 4.79 Å². The lowest BCUT2D eigenvalue weighted by atomic mass is 10.1. The number of halogens is 4. The lowest BCUT2D eigenvalue weighted by Gasteiger charge is -2.14. The van der Waals surface area contributed by atoms with Crippen LogP contribution in [0.5, 0.6) is 0 Å². The number of hydrogen-bond donors (Lipinski definition) is 2. The van der Waals surface area contributed by atoms with Crippen LogP contribution in [-0.4, -0.2) is 47.2 Å². The van der Waals surface area contributed by atoms with Crippen molar-refractivity contribution >= 4 is 17.6 Å². The van der Waals surface area contributed by atoms with Crippen LogP contribution in [0.3, 0.4) is 0 Å². The number of carbonyl (C=O) groups is 1. The molecule has 4 rings (SSSR count). The summed E-state index contributed by atoms with van der Waals surface area (Å²) in [6, 6.07) is 8.38. The van der Waals surface area contributed by atoms with Crippen molar-refractivity contribution in [2.75, 3.05) is 36.8 Å². The Morgan fingerprint density at radius 1 is 1.06 bits per heavy atom. The van der Waals surface area contributed by atoms with Gasteiger partial charge in [-0.15, -0.1) is 5.10 Å². The van der Waals surface area contributed by atoms with Crippen molar-refractivity contribution in [1.82, 2.24) is 15.1 Å². The first-order valence-corrected chi connectivity index (χ1v) is 11.4. The molecule has 0 aliphatic carbocycles. The number of unbranched alkanes of at least 4 members (excludes halogenated alkanes) is 1. The zero-order valence-corrected chi connectivity index (χ0v) is 18.9. The molecule has 1 aromatic heterocycles. The fraction of sp³-hybridized carbons (Fsp3) is 0.375. The number of aromatic nitrogens is 2. The number of rotatable bonds is 9. The highest BCUT2D eigenvalue weighted by Crippen LogP contribution is 2.38. The van der Waals surface area contributed by atoms with E-state index in [2.05, 4.69) is 25.7 Å². The van der Waals surface area contributed by atoms with E-state index in [0.717, 1.165) is 50.7 Å². The second-order valence-electron chi connectivity index (χ2n) is 8.29. The van der Waals surface area contributed by atoms with Gasteiger partial charge in [-0.2, -0.15) is 13.2 Å². The number of hydrogen-bond acceptors (Lipinski definition) is 6. The van der Waals surface area contributed by atoms with Crippen LogP contribution in [-0.2, 0) is 6.18 Å². The minimum atomic E-state index is -4.76. The molecule has 186 valence electrons. The molecule has 0 unspecified atom stereocenters. The number of benzene rings is 2. The molecule has 1 amide bonds.